The van der Waals surface area contributed by atoms with E-state index >= 15 is 0 Å². The molecule has 0 aliphatic carbocycles. The highest BCUT2D eigenvalue weighted by Gasteiger charge is 2.18. The lowest BCUT2D eigenvalue weighted by atomic mass is 10.1. The van der Waals surface area contributed by atoms with Crippen molar-refractivity contribution in [2.75, 3.05) is 26.6 Å². The summed E-state index contributed by atoms with van der Waals surface area (Å²) in [7, 11) is 0. The summed E-state index contributed by atoms with van der Waals surface area (Å²) < 4.78 is 27.5. The average molecular weight is 400 g/mol. The van der Waals surface area contributed by atoms with Gasteiger partial charge in [0.2, 0.25) is 12.5 Å². The third kappa shape index (κ3) is 4.90. The molecule has 0 saturated carbocycles. The van der Waals surface area contributed by atoms with Crippen LogP contribution in [-0.4, -0.2) is 38.7 Å². The number of hydrogen-bond donors (Lipinski definition) is 1. The highest BCUT2D eigenvalue weighted by atomic mass is 16.7. The van der Waals surface area contributed by atoms with Gasteiger partial charge in [0.05, 0.1) is 26.0 Å². The minimum absolute atomic E-state index is 0.203. The van der Waals surface area contributed by atoms with Crippen LogP contribution in [0, 0.1) is 0 Å². The van der Waals surface area contributed by atoms with Gasteiger partial charge in [-0.15, -0.1) is 0 Å². The van der Waals surface area contributed by atoms with Crippen molar-refractivity contribution in [1.29, 1.82) is 0 Å². The van der Waals surface area contributed by atoms with E-state index in [2.05, 4.69) is 10.5 Å². The van der Waals surface area contributed by atoms with E-state index in [9.17, 15) is 4.79 Å². The van der Waals surface area contributed by atoms with Crippen LogP contribution in [0.1, 0.15) is 36.7 Å². The molecule has 8 nitrogen and oxygen atoms in total. The van der Waals surface area contributed by atoms with E-state index < -0.39 is 5.91 Å². The summed E-state index contributed by atoms with van der Waals surface area (Å²) in [5.41, 5.74) is 3.63. The summed E-state index contributed by atoms with van der Waals surface area (Å²) in [6.45, 7) is 7.10. The Labute approximate surface area is 169 Å². The van der Waals surface area contributed by atoms with Crippen LogP contribution in [0.25, 0.3) is 0 Å². The fraction of sp³-hybridized carbons (Fsp3) is 0.333. The molecular weight excluding hydrogens is 376 g/mol. The number of benzene rings is 2. The van der Waals surface area contributed by atoms with Crippen LogP contribution in [0.5, 0.6) is 28.7 Å². The average Bonchev–Trinajstić information content (AvgIpc) is 3.18. The zero-order valence-corrected chi connectivity index (χ0v) is 16.7. The molecule has 0 radical (unpaired) electrons. The topological polar surface area (TPSA) is 87.6 Å². The zero-order chi connectivity index (χ0) is 20.6. The van der Waals surface area contributed by atoms with Crippen molar-refractivity contribution in [1.82, 2.24) is 5.43 Å². The molecule has 29 heavy (non-hydrogen) atoms. The predicted molar refractivity (Wildman–Crippen MR) is 108 cm³/mol. The first-order valence-corrected chi connectivity index (χ1v) is 9.45. The lowest BCUT2D eigenvalue weighted by molar-refractivity contribution is 0.0954. The van der Waals surface area contributed by atoms with Gasteiger partial charge in [0, 0.05) is 5.56 Å². The molecule has 154 valence electrons. The van der Waals surface area contributed by atoms with Gasteiger partial charge in [-0.25, -0.2) is 5.43 Å². The molecule has 1 aliphatic rings. The quantitative estimate of drug-likeness (QED) is 0.513. The number of ether oxygens (including phenoxy) is 5. The Morgan fingerprint density at radius 3 is 2.31 bits per heavy atom. The third-order valence-corrected chi connectivity index (χ3v) is 3.95. The fourth-order valence-corrected chi connectivity index (χ4v) is 2.74. The van der Waals surface area contributed by atoms with Crippen LogP contribution in [0.15, 0.2) is 35.4 Å². The molecule has 2 aromatic carbocycles. The Balaban J connectivity index is 1.77. The van der Waals surface area contributed by atoms with Crippen LogP contribution in [0.2, 0.25) is 0 Å². The Hall–Kier alpha value is -3.42. The molecule has 0 fully saturated rings. The summed E-state index contributed by atoms with van der Waals surface area (Å²) in [6, 6.07) is 8.63. The van der Waals surface area contributed by atoms with Gasteiger partial charge >= 0.3 is 0 Å². The number of carbonyl (C=O) groups is 1. The minimum atomic E-state index is -0.396. The van der Waals surface area contributed by atoms with Crippen molar-refractivity contribution in [3.05, 3.63) is 41.5 Å². The maximum absolute atomic E-state index is 12.6. The van der Waals surface area contributed by atoms with Gasteiger partial charge in [0.1, 0.15) is 0 Å². The monoisotopic (exact) mass is 400 g/mol. The van der Waals surface area contributed by atoms with E-state index in [-0.39, 0.29) is 6.79 Å². The second-order valence-electron chi connectivity index (χ2n) is 5.91. The highest BCUT2D eigenvalue weighted by molar-refractivity contribution is 5.96. The van der Waals surface area contributed by atoms with E-state index in [1.807, 2.05) is 26.8 Å². The molecule has 1 aliphatic heterocycles. The lowest BCUT2D eigenvalue weighted by Crippen LogP contribution is -2.18. The van der Waals surface area contributed by atoms with Gasteiger partial charge in [0.15, 0.2) is 23.0 Å². The van der Waals surface area contributed by atoms with Gasteiger partial charge in [-0.3, -0.25) is 4.79 Å². The molecule has 8 heteroatoms. The first-order valence-electron chi connectivity index (χ1n) is 9.45. The van der Waals surface area contributed by atoms with E-state index in [4.69, 9.17) is 23.7 Å². The number of nitrogens with one attached hydrogen (secondary N) is 1. The van der Waals surface area contributed by atoms with E-state index in [0.717, 1.165) is 5.56 Å². The second-order valence-corrected chi connectivity index (χ2v) is 5.91. The highest BCUT2D eigenvalue weighted by Crippen LogP contribution is 2.39. The number of carbonyl (C=O) groups excluding carboxylic acids is 1. The number of hydrazone groups is 1. The summed E-state index contributed by atoms with van der Waals surface area (Å²) in [6.07, 6.45) is 1.53. The molecule has 1 N–H and O–H groups in total. The van der Waals surface area contributed by atoms with Gasteiger partial charge in [-0.1, -0.05) is 0 Å². The smallest absolute Gasteiger partial charge is 0.271 e. The Kier molecular flexibility index (Phi) is 6.78. The first-order chi connectivity index (χ1) is 14.2. The van der Waals surface area contributed by atoms with E-state index in [1.54, 1.807) is 24.3 Å². The van der Waals surface area contributed by atoms with Crippen molar-refractivity contribution in [3.8, 4) is 28.7 Å². The van der Waals surface area contributed by atoms with Gasteiger partial charge in [-0.05, 0) is 56.7 Å². The molecule has 2 aromatic rings. The Morgan fingerprint density at radius 1 is 1.00 bits per heavy atom. The van der Waals surface area contributed by atoms with Crippen LogP contribution < -0.4 is 29.1 Å². The van der Waals surface area contributed by atoms with Crippen molar-refractivity contribution in [2.24, 2.45) is 5.10 Å². The molecule has 0 spiro atoms. The summed E-state index contributed by atoms with van der Waals surface area (Å²) in [5.74, 6) is 2.32. The zero-order valence-electron chi connectivity index (χ0n) is 16.7. The third-order valence-electron chi connectivity index (χ3n) is 3.95. The molecule has 0 saturated heterocycles. The SMILES string of the molecule is CCOc1cc(C(=O)NN=Cc2ccc3c(c2)OCO3)cc(OCC)c1OCC. The van der Waals surface area contributed by atoms with E-state index in [0.29, 0.717) is 54.1 Å². The predicted octanol–water partition coefficient (Wildman–Crippen LogP) is 3.38. The number of nitrogens with zero attached hydrogens (tertiary/aromatic N) is 1. The molecular formula is C21H24N2O6. The molecule has 1 heterocycles. The number of amides is 1. The van der Waals surface area contributed by atoms with Crippen LogP contribution in [0.4, 0.5) is 0 Å². The first kappa shape index (κ1) is 20.3. The molecule has 0 bridgehead atoms. The molecule has 0 unspecified atom stereocenters. The summed E-state index contributed by atoms with van der Waals surface area (Å²) in [5, 5.41) is 4.02. The van der Waals surface area contributed by atoms with Gasteiger partial charge < -0.3 is 23.7 Å². The van der Waals surface area contributed by atoms with Crippen molar-refractivity contribution in [2.45, 2.75) is 20.8 Å². The number of rotatable bonds is 9. The van der Waals surface area contributed by atoms with E-state index in [1.165, 1.54) is 6.21 Å². The number of fused-ring (bicyclic) bond motifs is 1. The fourth-order valence-electron chi connectivity index (χ4n) is 2.74. The maximum atomic E-state index is 12.6. The van der Waals surface area contributed by atoms with Crippen LogP contribution >= 0.6 is 0 Å². The summed E-state index contributed by atoms with van der Waals surface area (Å²) in [4.78, 5) is 12.6. The number of hydrogen-bond acceptors (Lipinski definition) is 7. The van der Waals surface area contributed by atoms with Crippen LogP contribution in [-0.2, 0) is 0 Å². The lowest BCUT2D eigenvalue weighted by Gasteiger charge is -2.16. The Morgan fingerprint density at radius 2 is 1.66 bits per heavy atom. The standard InChI is InChI=1S/C21H24N2O6/c1-4-25-18-10-15(11-19(26-5-2)20(18)27-6-3)21(24)23-22-12-14-7-8-16-17(9-14)29-13-28-16/h7-12H,4-6,13H2,1-3H3,(H,23,24). The van der Waals surface area contributed by atoms with Crippen molar-refractivity contribution < 1.29 is 28.5 Å². The normalized spacial score (nSPS) is 12.1. The molecule has 0 aromatic heterocycles. The summed E-state index contributed by atoms with van der Waals surface area (Å²) >= 11 is 0. The van der Waals surface area contributed by atoms with Crippen molar-refractivity contribution >= 4 is 12.1 Å². The van der Waals surface area contributed by atoms with Crippen LogP contribution in [0.3, 0.4) is 0 Å². The second kappa shape index (κ2) is 9.68. The minimum Gasteiger partial charge on any atom is -0.490 e. The Bertz CT molecular complexity index is 870. The maximum Gasteiger partial charge on any atom is 0.271 e. The molecule has 1 amide bonds. The van der Waals surface area contributed by atoms with Crippen molar-refractivity contribution in [3.63, 3.8) is 0 Å². The largest absolute Gasteiger partial charge is 0.490 e. The van der Waals surface area contributed by atoms with Gasteiger partial charge in [-0.2, -0.15) is 5.10 Å². The molecule has 0 atom stereocenters. The molecule has 3 rings (SSSR count). The van der Waals surface area contributed by atoms with Gasteiger partial charge in [0.25, 0.3) is 5.91 Å².